The van der Waals surface area contributed by atoms with Gasteiger partial charge in [0.1, 0.15) is 0 Å². The van der Waals surface area contributed by atoms with E-state index in [9.17, 15) is 9.59 Å². The van der Waals surface area contributed by atoms with Crippen LogP contribution in [0, 0.1) is 5.92 Å². The van der Waals surface area contributed by atoms with Crippen molar-refractivity contribution >= 4 is 34.8 Å². The van der Waals surface area contributed by atoms with Gasteiger partial charge in [-0.15, -0.1) is 0 Å². The van der Waals surface area contributed by atoms with Crippen LogP contribution in [0.5, 0.6) is 0 Å². The van der Waals surface area contributed by atoms with Crippen LogP contribution in [0.25, 0.3) is 0 Å². The average molecular weight is 352 g/mol. The van der Waals surface area contributed by atoms with Gasteiger partial charge in [0.05, 0.1) is 11.4 Å². The summed E-state index contributed by atoms with van der Waals surface area (Å²) in [7, 11) is 0. The highest BCUT2D eigenvalue weighted by Gasteiger charge is 2.23. The van der Waals surface area contributed by atoms with Gasteiger partial charge in [-0.25, -0.2) is 0 Å². The Morgan fingerprint density at radius 2 is 1.88 bits per heavy atom. The number of piperazine rings is 1. The van der Waals surface area contributed by atoms with Gasteiger partial charge in [-0.3, -0.25) is 9.59 Å². The van der Waals surface area contributed by atoms with E-state index in [1.807, 2.05) is 37.8 Å². The highest BCUT2D eigenvalue weighted by Crippen LogP contribution is 2.30. The van der Waals surface area contributed by atoms with Crippen LogP contribution in [0.4, 0.5) is 11.4 Å². The van der Waals surface area contributed by atoms with Gasteiger partial charge in [-0.2, -0.15) is 0 Å². The zero-order chi connectivity index (χ0) is 17.7. The number of carbonyl (C=O) groups excluding carboxylic acids is 2. The zero-order valence-corrected chi connectivity index (χ0v) is 15.4. The maximum atomic E-state index is 12.0. The van der Waals surface area contributed by atoms with Crippen molar-refractivity contribution in [1.29, 1.82) is 0 Å². The molecule has 0 spiro atoms. The van der Waals surface area contributed by atoms with Crippen molar-refractivity contribution in [2.45, 2.75) is 33.6 Å². The van der Waals surface area contributed by atoms with Crippen molar-refractivity contribution in [2.24, 2.45) is 5.92 Å². The number of nitrogens with one attached hydrogen (secondary N) is 1. The standard InChI is InChI=1S/C18H26ClN3O2/c1-4-5-17(23)22-10-8-21(9-11-22)16-7-6-14(19)12-15(16)20-18(24)13(2)3/h6-7,12-13H,4-5,8-11H2,1-3H3,(H,20,24). The molecule has 0 radical (unpaired) electrons. The van der Waals surface area contributed by atoms with Crippen molar-refractivity contribution in [3.63, 3.8) is 0 Å². The number of hydrogen-bond donors (Lipinski definition) is 1. The Balaban J connectivity index is 2.10. The number of rotatable bonds is 5. The van der Waals surface area contributed by atoms with Crippen LogP contribution in [0.1, 0.15) is 33.6 Å². The van der Waals surface area contributed by atoms with Gasteiger partial charge in [-0.1, -0.05) is 32.4 Å². The molecule has 2 amide bonds. The van der Waals surface area contributed by atoms with E-state index in [2.05, 4.69) is 10.2 Å². The molecule has 1 saturated heterocycles. The molecule has 1 aromatic rings. The van der Waals surface area contributed by atoms with Gasteiger partial charge in [0.2, 0.25) is 11.8 Å². The predicted molar refractivity (Wildman–Crippen MR) is 98.6 cm³/mol. The third kappa shape index (κ3) is 4.63. The highest BCUT2D eigenvalue weighted by molar-refractivity contribution is 6.31. The lowest BCUT2D eigenvalue weighted by atomic mass is 10.1. The second kappa shape index (κ2) is 8.38. The SMILES string of the molecule is CCCC(=O)N1CCN(c2ccc(Cl)cc2NC(=O)C(C)C)CC1. The molecule has 2 rings (SSSR count). The first-order chi connectivity index (χ1) is 11.4. The molecule has 132 valence electrons. The Hall–Kier alpha value is -1.75. The fraction of sp³-hybridized carbons (Fsp3) is 0.556. The lowest BCUT2D eigenvalue weighted by Crippen LogP contribution is -2.49. The minimum atomic E-state index is -0.0969. The number of nitrogens with zero attached hydrogens (tertiary/aromatic N) is 2. The summed E-state index contributed by atoms with van der Waals surface area (Å²) in [5.41, 5.74) is 1.69. The van der Waals surface area contributed by atoms with Gasteiger partial charge in [0.15, 0.2) is 0 Å². The van der Waals surface area contributed by atoms with E-state index < -0.39 is 0 Å². The minimum Gasteiger partial charge on any atom is -0.366 e. The summed E-state index contributed by atoms with van der Waals surface area (Å²) >= 11 is 6.10. The summed E-state index contributed by atoms with van der Waals surface area (Å²) in [6.45, 7) is 8.65. The van der Waals surface area contributed by atoms with Gasteiger partial charge < -0.3 is 15.1 Å². The van der Waals surface area contributed by atoms with Crippen molar-refractivity contribution in [1.82, 2.24) is 4.90 Å². The highest BCUT2D eigenvalue weighted by atomic mass is 35.5. The molecule has 0 bridgehead atoms. The Morgan fingerprint density at radius 3 is 2.46 bits per heavy atom. The number of hydrogen-bond acceptors (Lipinski definition) is 3. The van der Waals surface area contributed by atoms with E-state index in [4.69, 9.17) is 11.6 Å². The molecule has 0 saturated carbocycles. The topological polar surface area (TPSA) is 52.7 Å². The normalized spacial score (nSPS) is 14.9. The largest absolute Gasteiger partial charge is 0.366 e. The predicted octanol–water partition coefficient (Wildman–Crippen LogP) is 3.38. The Morgan fingerprint density at radius 1 is 1.21 bits per heavy atom. The number of carbonyl (C=O) groups is 2. The summed E-state index contributed by atoms with van der Waals surface area (Å²) < 4.78 is 0. The first-order valence-corrected chi connectivity index (χ1v) is 8.93. The molecule has 0 aromatic heterocycles. The number of amides is 2. The molecule has 1 aliphatic heterocycles. The molecule has 24 heavy (non-hydrogen) atoms. The molecule has 6 heteroatoms. The number of benzene rings is 1. The van der Waals surface area contributed by atoms with Crippen LogP contribution in [0.3, 0.4) is 0 Å². The van der Waals surface area contributed by atoms with E-state index in [1.54, 1.807) is 6.07 Å². The Labute approximate surface area is 149 Å². The Kier molecular flexibility index (Phi) is 6.49. The lowest BCUT2D eigenvalue weighted by Gasteiger charge is -2.37. The smallest absolute Gasteiger partial charge is 0.226 e. The lowest BCUT2D eigenvalue weighted by molar-refractivity contribution is -0.131. The van der Waals surface area contributed by atoms with Gasteiger partial charge in [-0.05, 0) is 24.6 Å². The fourth-order valence-corrected chi connectivity index (χ4v) is 2.90. The summed E-state index contributed by atoms with van der Waals surface area (Å²) in [5.74, 6) is 0.0946. The van der Waals surface area contributed by atoms with Crippen LogP contribution in [-0.4, -0.2) is 42.9 Å². The van der Waals surface area contributed by atoms with Gasteiger partial charge in [0.25, 0.3) is 0 Å². The molecule has 0 unspecified atom stereocenters. The average Bonchev–Trinajstić information content (AvgIpc) is 2.55. The third-order valence-electron chi connectivity index (χ3n) is 4.18. The summed E-state index contributed by atoms with van der Waals surface area (Å²) in [6, 6.07) is 5.55. The van der Waals surface area contributed by atoms with E-state index in [1.165, 1.54) is 0 Å². The molecule has 1 heterocycles. The van der Waals surface area contributed by atoms with E-state index in [0.717, 1.165) is 30.9 Å². The van der Waals surface area contributed by atoms with Crippen LogP contribution in [0.2, 0.25) is 5.02 Å². The quantitative estimate of drug-likeness (QED) is 0.884. The molecule has 5 nitrogen and oxygen atoms in total. The summed E-state index contributed by atoms with van der Waals surface area (Å²) in [5, 5.41) is 3.55. The molecular formula is C18H26ClN3O2. The molecule has 1 fully saturated rings. The van der Waals surface area contributed by atoms with Gasteiger partial charge >= 0.3 is 0 Å². The molecule has 1 N–H and O–H groups in total. The van der Waals surface area contributed by atoms with E-state index in [-0.39, 0.29) is 17.7 Å². The monoisotopic (exact) mass is 351 g/mol. The Bertz CT molecular complexity index is 596. The van der Waals surface area contributed by atoms with Crippen molar-refractivity contribution in [2.75, 3.05) is 36.4 Å². The fourth-order valence-electron chi connectivity index (χ4n) is 2.73. The number of halogens is 1. The minimum absolute atomic E-state index is 0.0322. The first-order valence-electron chi connectivity index (χ1n) is 8.55. The van der Waals surface area contributed by atoms with Crippen LogP contribution in [-0.2, 0) is 9.59 Å². The molecule has 1 aliphatic rings. The second-order valence-corrected chi connectivity index (χ2v) is 6.86. The molecule has 0 atom stereocenters. The first kappa shape index (κ1) is 18.6. The van der Waals surface area contributed by atoms with Crippen LogP contribution < -0.4 is 10.2 Å². The van der Waals surface area contributed by atoms with Crippen LogP contribution >= 0.6 is 11.6 Å². The maximum Gasteiger partial charge on any atom is 0.226 e. The van der Waals surface area contributed by atoms with Gasteiger partial charge in [0, 0.05) is 43.5 Å². The van der Waals surface area contributed by atoms with Crippen molar-refractivity contribution in [3.8, 4) is 0 Å². The molecular weight excluding hydrogens is 326 g/mol. The third-order valence-corrected chi connectivity index (χ3v) is 4.41. The van der Waals surface area contributed by atoms with E-state index >= 15 is 0 Å². The molecule has 0 aliphatic carbocycles. The maximum absolute atomic E-state index is 12.0. The molecule has 1 aromatic carbocycles. The van der Waals surface area contributed by atoms with Crippen molar-refractivity contribution in [3.05, 3.63) is 23.2 Å². The zero-order valence-electron chi connectivity index (χ0n) is 14.6. The summed E-state index contributed by atoms with van der Waals surface area (Å²) in [4.78, 5) is 28.2. The van der Waals surface area contributed by atoms with Crippen LogP contribution in [0.15, 0.2) is 18.2 Å². The van der Waals surface area contributed by atoms with E-state index in [0.29, 0.717) is 24.5 Å². The summed E-state index contributed by atoms with van der Waals surface area (Å²) in [6.07, 6.45) is 1.48. The van der Waals surface area contributed by atoms with Crippen molar-refractivity contribution < 1.29 is 9.59 Å². The second-order valence-electron chi connectivity index (χ2n) is 6.42. The number of anilines is 2.